The van der Waals surface area contributed by atoms with Crippen molar-refractivity contribution in [2.45, 2.75) is 45.6 Å². The van der Waals surface area contributed by atoms with E-state index < -0.39 is 0 Å². The number of unbranched alkanes of at least 4 members (excludes halogenated alkanes) is 2. The van der Waals surface area contributed by atoms with Crippen molar-refractivity contribution in [3.63, 3.8) is 0 Å². The summed E-state index contributed by atoms with van der Waals surface area (Å²) in [6, 6.07) is 5.14. The van der Waals surface area contributed by atoms with Crippen molar-refractivity contribution in [3.8, 4) is 0 Å². The van der Waals surface area contributed by atoms with Gasteiger partial charge in [-0.25, -0.2) is 9.18 Å². The van der Waals surface area contributed by atoms with Crippen molar-refractivity contribution in [1.29, 1.82) is 0 Å². The predicted molar refractivity (Wildman–Crippen MR) is 113 cm³/mol. The van der Waals surface area contributed by atoms with Gasteiger partial charge in [-0.15, -0.1) is 0 Å². The normalized spacial score (nSPS) is 15.1. The number of anilines is 1. The van der Waals surface area contributed by atoms with Crippen molar-refractivity contribution in [2.24, 2.45) is 0 Å². The number of halogens is 1. The predicted octanol–water partition coefficient (Wildman–Crippen LogP) is 3.69. The molecule has 1 heterocycles. The van der Waals surface area contributed by atoms with E-state index >= 15 is 0 Å². The van der Waals surface area contributed by atoms with Crippen LogP contribution in [0.4, 0.5) is 14.9 Å². The van der Waals surface area contributed by atoms with E-state index in [-0.39, 0.29) is 30.3 Å². The lowest BCUT2D eigenvalue weighted by atomic mass is 10.1. The Balaban J connectivity index is 1.65. The minimum Gasteiger partial charge on any atom is -0.372 e. The lowest BCUT2D eigenvalue weighted by Crippen LogP contribution is -2.29. The largest absolute Gasteiger partial charge is 0.372 e. The highest BCUT2D eigenvalue weighted by atomic mass is 32.2. The molecule has 2 rings (SSSR count). The molecular weight excluding hydrogens is 379 g/mol. The number of hydrogen-bond acceptors (Lipinski definition) is 5. The van der Waals surface area contributed by atoms with Gasteiger partial charge in [-0.1, -0.05) is 31.4 Å². The molecule has 1 aliphatic heterocycles. The molecule has 1 aromatic rings. The number of benzene rings is 1. The Kier molecular flexibility index (Phi) is 9.05. The summed E-state index contributed by atoms with van der Waals surface area (Å²) in [6.07, 6.45) is 3.90. The number of amides is 3. The van der Waals surface area contributed by atoms with Crippen molar-refractivity contribution in [3.05, 3.63) is 29.6 Å². The maximum atomic E-state index is 14.1. The zero-order valence-electron chi connectivity index (χ0n) is 17.0. The number of carbonyl (C=O) groups excluding carboxylic acids is 2. The van der Waals surface area contributed by atoms with Crippen LogP contribution >= 0.6 is 11.9 Å². The number of urea groups is 1. The van der Waals surface area contributed by atoms with Gasteiger partial charge in [0.05, 0.1) is 5.69 Å². The molecule has 3 amide bonds. The summed E-state index contributed by atoms with van der Waals surface area (Å²) in [6.45, 7) is 5.78. The molecule has 8 heteroatoms. The quantitative estimate of drug-likeness (QED) is 0.313. The Morgan fingerprint density at radius 2 is 2.11 bits per heavy atom. The molecule has 0 bridgehead atoms. The first-order chi connectivity index (χ1) is 13.4. The van der Waals surface area contributed by atoms with Gasteiger partial charge in [-0.2, -0.15) is 0 Å². The van der Waals surface area contributed by atoms with Gasteiger partial charge in [-0.05, 0) is 43.9 Å². The van der Waals surface area contributed by atoms with Gasteiger partial charge in [0.15, 0.2) is 0 Å². The number of nitrogens with zero attached hydrogens (tertiary/aromatic N) is 2. The van der Waals surface area contributed by atoms with Crippen LogP contribution in [0.1, 0.15) is 51.1 Å². The van der Waals surface area contributed by atoms with Gasteiger partial charge in [-0.3, -0.25) is 14.8 Å². The first-order valence-electron chi connectivity index (χ1n) is 9.89. The van der Waals surface area contributed by atoms with Crippen LogP contribution in [0.25, 0.3) is 0 Å². The van der Waals surface area contributed by atoms with Crippen LogP contribution in [0.3, 0.4) is 0 Å². The summed E-state index contributed by atoms with van der Waals surface area (Å²) < 4.78 is 17.5. The lowest BCUT2D eigenvalue weighted by Gasteiger charge is -2.21. The van der Waals surface area contributed by atoms with Crippen molar-refractivity contribution in [1.82, 2.24) is 14.9 Å². The third-order valence-electron chi connectivity index (χ3n) is 4.74. The SMILES string of the molecule is CCCN(C)c1cc(C(C)NSCCCCCN2CC(=O)NC2=O)ccc1F. The molecule has 6 nitrogen and oxygen atoms in total. The zero-order chi connectivity index (χ0) is 20.5. The molecule has 28 heavy (non-hydrogen) atoms. The fourth-order valence-electron chi connectivity index (χ4n) is 3.12. The van der Waals surface area contributed by atoms with E-state index in [2.05, 4.69) is 23.9 Å². The van der Waals surface area contributed by atoms with Crippen molar-refractivity contribution < 1.29 is 14.0 Å². The summed E-state index contributed by atoms with van der Waals surface area (Å²) >= 11 is 1.66. The molecule has 0 aliphatic carbocycles. The number of nitrogens with one attached hydrogen (secondary N) is 2. The third kappa shape index (κ3) is 6.67. The van der Waals surface area contributed by atoms with Gasteiger partial charge in [0.2, 0.25) is 5.91 Å². The van der Waals surface area contributed by atoms with Gasteiger partial charge in [0.1, 0.15) is 12.4 Å². The summed E-state index contributed by atoms with van der Waals surface area (Å²) in [5.74, 6) is 0.552. The number of rotatable bonds is 12. The molecule has 1 aromatic carbocycles. The summed E-state index contributed by atoms with van der Waals surface area (Å²) in [7, 11) is 1.92. The smallest absolute Gasteiger partial charge is 0.324 e. The molecule has 1 unspecified atom stereocenters. The van der Waals surface area contributed by atoms with Gasteiger partial charge >= 0.3 is 6.03 Å². The van der Waals surface area contributed by atoms with Crippen LogP contribution in [0.15, 0.2) is 18.2 Å². The lowest BCUT2D eigenvalue weighted by molar-refractivity contribution is -0.118. The summed E-state index contributed by atoms with van der Waals surface area (Å²) in [5.41, 5.74) is 1.71. The van der Waals surface area contributed by atoms with Crippen molar-refractivity contribution >= 4 is 29.6 Å². The molecule has 0 saturated carbocycles. The maximum absolute atomic E-state index is 14.1. The molecule has 0 spiro atoms. The Bertz CT molecular complexity index is 674. The first-order valence-corrected chi connectivity index (χ1v) is 10.9. The second-order valence-corrected chi connectivity index (χ2v) is 8.09. The second kappa shape index (κ2) is 11.3. The minimum atomic E-state index is -0.280. The maximum Gasteiger partial charge on any atom is 0.324 e. The first kappa shape index (κ1) is 22.5. The molecule has 1 atom stereocenters. The topological polar surface area (TPSA) is 64.7 Å². The highest BCUT2D eigenvalue weighted by Gasteiger charge is 2.25. The summed E-state index contributed by atoms with van der Waals surface area (Å²) in [5, 5.41) is 2.28. The van der Waals surface area contributed by atoms with Gasteiger partial charge in [0.25, 0.3) is 0 Å². The van der Waals surface area contributed by atoms with Crippen LogP contribution in [0, 0.1) is 5.82 Å². The van der Waals surface area contributed by atoms with Crippen molar-refractivity contribution in [2.75, 3.05) is 37.3 Å². The fraction of sp³-hybridized carbons (Fsp3) is 0.600. The molecule has 156 valence electrons. The number of hydrogen-bond donors (Lipinski definition) is 2. The molecular formula is C20H31FN4O2S. The van der Waals surface area contributed by atoms with E-state index in [1.165, 1.54) is 0 Å². The Morgan fingerprint density at radius 1 is 1.32 bits per heavy atom. The minimum absolute atomic E-state index is 0.124. The number of imide groups is 1. The van der Waals surface area contributed by atoms with Crippen LogP contribution in [0.2, 0.25) is 0 Å². The molecule has 0 radical (unpaired) electrons. The monoisotopic (exact) mass is 410 g/mol. The van der Waals surface area contributed by atoms with Crippen LogP contribution in [-0.4, -0.2) is 49.3 Å². The van der Waals surface area contributed by atoms with E-state index in [0.717, 1.165) is 43.5 Å². The number of carbonyl (C=O) groups is 2. The zero-order valence-corrected chi connectivity index (χ0v) is 17.8. The average Bonchev–Trinajstić information content (AvgIpc) is 2.98. The molecule has 2 N–H and O–H groups in total. The Hall–Kier alpha value is -1.80. The highest BCUT2D eigenvalue weighted by Crippen LogP contribution is 2.25. The molecule has 1 fully saturated rings. The van der Waals surface area contributed by atoms with E-state index in [4.69, 9.17) is 0 Å². The standard InChI is InChI=1S/C20H31FN4O2S/c1-4-10-24(3)18-13-16(8-9-17(18)21)15(2)23-28-12-7-5-6-11-25-14-19(26)22-20(25)27/h8-9,13,15,23H,4-7,10-12,14H2,1-3H3,(H,22,26,27). The summed E-state index contributed by atoms with van der Waals surface area (Å²) in [4.78, 5) is 26.1. The van der Waals surface area contributed by atoms with Gasteiger partial charge < -0.3 is 9.80 Å². The fourth-order valence-corrected chi connectivity index (χ4v) is 3.97. The molecule has 1 aliphatic rings. The Labute approximate surface area is 171 Å². The van der Waals surface area contributed by atoms with Crippen LogP contribution in [0.5, 0.6) is 0 Å². The van der Waals surface area contributed by atoms with Crippen LogP contribution in [-0.2, 0) is 4.79 Å². The third-order valence-corrected chi connectivity index (χ3v) is 5.76. The Morgan fingerprint density at radius 3 is 2.79 bits per heavy atom. The van der Waals surface area contributed by atoms with Gasteiger partial charge in [0, 0.05) is 31.9 Å². The molecule has 0 aromatic heterocycles. The average molecular weight is 411 g/mol. The van der Waals surface area contributed by atoms with E-state index in [1.807, 2.05) is 24.1 Å². The second-order valence-electron chi connectivity index (χ2n) is 7.16. The van der Waals surface area contributed by atoms with Crippen LogP contribution < -0.4 is 14.9 Å². The van der Waals surface area contributed by atoms with E-state index in [1.54, 1.807) is 22.9 Å². The van der Waals surface area contributed by atoms with E-state index in [9.17, 15) is 14.0 Å². The van der Waals surface area contributed by atoms with E-state index in [0.29, 0.717) is 12.2 Å². The molecule has 1 saturated heterocycles. The highest BCUT2D eigenvalue weighted by molar-refractivity contribution is 7.97.